The van der Waals surface area contributed by atoms with Gasteiger partial charge in [0, 0.05) is 37.1 Å². The molecule has 0 aromatic carbocycles. The molecule has 0 radical (unpaired) electrons. The van der Waals surface area contributed by atoms with Gasteiger partial charge in [0.15, 0.2) is 5.65 Å². The number of aliphatic hydroxyl groups is 1. The molecule has 1 aliphatic rings. The maximum Gasteiger partial charge on any atom is 0.162 e. The molecule has 0 saturated heterocycles. The van der Waals surface area contributed by atoms with Gasteiger partial charge in [-0.15, -0.1) is 0 Å². The molecule has 7 heteroatoms. The summed E-state index contributed by atoms with van der Waals surface area (Å²) in [7, 11) is 0. The van der Waals surface area contributed by atoms with Gasteiger partial charge in [-0.1, -0.05) is 26.8 Å². The molecule has 3 aromatic heterocycles. The average molecular weight is 409 g/mol. The fourth-order valence-corrected chi connectivity index (χ4v) is 5.00. The number of fused-ring (bicyclic) bond motifs is 1. The highest BCUT2D eigenvalue weighted by Crippen LogP contribution is 2.46. The number of aromatic nitrogens is 4. The molecule has 1 fully saturated rings. The van der Waals surface area contributed by atoms with Gasteiger partial charge in [0.25, 0.3) is 0 Å². The maximum absolute atomic E-state index is 10.4. The molecule has 1 saturated carbocycles. The third-order valence-corrected chi connectivity index (χ3v) is 5.96. The monoisotopic (exact) mass is 408 g/mol. The van der Waals surface area contributed by atoms with Gasteiger partial charge in [-0.2, -0.15) is 9.61 Å². The summed E-state index contributed by atoms with van der Waals surface area (Å²) < 4.78 is 1.84. The molecule has 2 atom stereocenters. The van der Waals surface area contributed by atoms with E-state index in [2.05, 4.69) is 41.5 Å². The van der Waals surface area contributed by atoms with Gasteiger partial charge in [0.1, 0.15) is 11.6 Å². The third kappa shape index (κ3) is 4.56. The molecule has 2 unspecified atom stereocenters. The molecule has 0 amide bonds. The van der Waals surface area contributed by atoms with Gasteiger partial charge in [-0.05, 0) is 48.6 Å². The SMILES string of the molecule is Cc1cnn2c(NCc3cccnc3)cc(NCC3(C)CC(O)CC(C)(C)C3)nc12. The van der Waals surface area contributed by atoms with Crippen molar-refractivity contribution in [2.75, 3.05) is 17.2 Å². The van der Waals surface area contributed by atoms with Crippen molar-refractivity contribution in [1.82, 2.24) is 19.6 Å². The number of anilines is 2. The van der Waals surface area contributed by atoms with Crippen LogP contribution in [-0.4, -0.2) is 37.3 Å². The van der Waals surface area contributed by atoms with E-state index in [-0.39, 0.29) is 16.9 Å². The van der Waals surface area contributed by atoms with Crippen molar-refractivity contribution in [1.29, 1.82) is 0 Å². The van der Waals surface area contributed by atoms with Crippen LogP contribution in [0.25, 0.3) is 5.65 Å². The molecular weight excluding hydrogens is 376 g/mol. The van der Waals surface area contributed by atoms with E-state index in [4.69, 9.17) is 4.98 Å². The Morgan fingerprint density at radius 2 is 2.03 bits per heavy atom. The maximum atomic E-state index is 10.4. The van der Waals surface area contributed by atoms with Gasteiger partial charge in [0.2, 0.25) is 0 Å². The van der Waals surface area contributed by atoms with Crippen molar-refractivity contribution in [3.8, 4) is 0 Å². The van der Waals surface area contributed by atoms with Crippen molar-refractivity contribution in [2.24, 2.45) is 10.8 Å². The van der Waals surface area contributed by atoms with Crippen molar-refractivity contribution in [3.05, 3.63) is 47.9 Å². The molecule has 3 heterocycles. The Kier molecular flexibility index (Phi) is 5.40. The van der Waals surface area contributed by atoms with Gasteiger partial charge in [-0.3, -0.25) is 4.98 Å². The third-order valence-electron chi connectivity index (χ3n) is 5.96. The highest BCUT2D eigenvalue weighted by molar-refractivity contribution is 5.60. The molecule has 3 N–H and O–H groups in total. The van der Waals surface area contributed by atoms with Gasteiger partial charge in [-0.25, -0.2) is 4.98 Å². The average Bonchev–Trinajstić information content (AvgIpc) is 3.05. The van der Waals surface area contributed by atoms with Gasteiger partial charge >= 0.3 is 0 Å². The lowest BCUT2D eigenvalue weighted by atomic mass is 9.63. The highest BCUT2D eigenvalue weighted by atomic mass is 16.3. The van der Waals surface area contributed by atoms with Crippen LogP contribution in [0.3, 0.4) is 0 Å². The second-order valence-electron chi connectivity index (χ2n) is 9.87. The lowest BCUT2D eigenvalue weighted by molar-refractivity contribution is -0.00320. The van der Waals surface area contributed by atoms with E-state index >= 15 is 0 Å². The minimum absolute atomic E-state index is 0.0214. The Bertz CT molecular complexity index is 1020. The number of hydrogen-bond acceptors (Lipinski definition) is 6. The van der Waals surface area contributed by atoms with Crippen LogP contribution in [-0.2, 0) is 6.54 Å². The van der Waals surface area contributed by atoms with Crippen molar-refractivity contribution in [2.45, 2.75) is 59.6 Å². The van der Waals surface area contributed by atoms with Crippen molar-refractivity contribution in [3.63, 3.8) is 0 Å². The predicted molar refractivity (Wildman–Crippen MR) is 120 cm³/mol. The Balaban J connectivity index is 1.54. The zero-order valence-electron chi connectivity index (χ0n) is 18.3. The lowest BCUT2D eigenvalue weighted by Crippen LogP contribution is -2.42. The van der Waals surface area contributed by atoms with Gasteiger partial charge < -0.3 is 15.7 Å². The number of aliphatic hydroxyl groups excluding tert-OH is 1. The molecule has 30 heavy (non-hydrogen) atoms. The molecule has 3 aromatic rings. The number of nitrogens with one attached hydrogen (secondary N) is 2. The minimum atomic E-state index is -0.246. The summed E-state index contributed by atoms with van der Waals surface area (Å²) >= 11 is 0. The van der Waals surface area contributed by atoms with Crippen LogP contribution in [0.5, 0.6) is 0 Å². The summed E-state index contributed by atoms with van der Waals surface area (Å²) in [6.45, 7) is 10.2. The van der Waals surface area contributed by atoms with Crippen LogP contribution in [0.1, 0.15) is 51.2 Å². The minimum Gasteiger partial charge on any atom is -0.393 e. The first kappa shape index (κ1) is 20.6. The molecule has 0 spiro atoms. The quantitative estimate of drug-likeness (QED) is 0.571. The smallest absolute Gasteiger partial charge is 0.162 e. The summed E-state index contributed by atoms with van der Waals surface area (Å²) in [4.78, 5) is 8.98. The molecular formula is C23H32N6O. The van der Waals surface area contributed by atoms with Crippen LogP contribution in [0.2, 0.25) is 0 Å². The second kappa shape index (κ2) is 7.87. The van der Waals surface area contributed by atoms with E-state index in [1.54, 1.807) is 6.20 Å². The molecule has 4 rings (SSSR count). The van der Waals surface area contributed by atoms with E-state index in [9.17, 15) is 5.11 Å². The highest BCUT2D eigenvalue weighted by Gasteiger charge is 2.40. The van der Waals surface area contributed by atoms with E-state index < -0.39 is 0 Å². The topological polar surface area (TPSA) is 87.4 Å². The lowest BCUT2D eigenvalue weighted by Gasteiger charge is -2.45. The van der Waals surface area contributed by atoms with E-state index in [0.29, 0.717) is 6.54 Å². The van der Waals surface area contributed by atoms with E-state index in [1.807, 2.05) is 42.0 Å². The van der Waals surface area contributed by atoms with E-state index in [1.165, 1.54) is 0 Å². The van der Waals surface area contributed by atoms with Crippen molar-refractivity contribution >= 4 is 17.3 Å². The number of pyridine rings is 1. The number of hydrogen-bond donors (Lipinski definition) is 3. The molecule has 7 nitrogen and oxygen atoms in total. The summed E-state index contributed by atoms with van der Waals surface area (Å²) in [6.07, 6.45) is 7.97. The fourth-order valence-electron chi connectivity index (χ4n) is 5.00. The number of aryl methyl sites for hydroxylation is 1. The second-order valence-corrected chi connectivity index (χ2v) is 9.87. The summed E-state index contributed by atoms with van der Waals surface area (Å²) in [5, 5.41) is 21.9. The first-order valence-electron chi connectivity index (χ1n) is 10.6. The normalized spacial score (nSPS) is 23.4. The first-order chi connectivity index (χ1) is 14.2. The molecule has 0 aliphatic heterocycles. The van der Waals surface area contributed by atoms with Crippen LogP contribution in [0, 0.1) is 17.8 Å². The zero-order valence-corrected chi connectivity index (χ0v) is 18.3. The molecule has 160 valence electrons. The summed E-state index contributed by atoms with van der Waals surface area (Å²) in [5.41, 5.74) is 3.13. The number of nitrogens with zero attached hydrogens (tertiary/aromatic N) is 4. The zero-order chi connectivity index (χ0) is 21.4. The first-order valence-corrected chi connectivity index (χ1v) is 10.6. The Hall–Kier alpha value is -2.67. The molecule has 1 aliphatic carbocycles. The van der Waals surface area contributed by atoms with Crippen LogP contribution in [0.4, 0.5) is 11.6 Å². The van der Waals surface area contributed by atoms with Crippen LogP contribution in [0.15, 0.2) is 36.8 Å². The van der Waals surface area contributed by atoms with Crippen LogP contribution >= 0.6 is 0 Å². The molecule has 0 bridgehead atoms. The fraction of sp³-hybridized carbons (Fsp3) is 0.522. The van der Waals surface area contributed by atoms with E-state index in [0.717, 1.165) is 54.2 Å². The predicted octanol–water partition coefficient (Wildman–Crippen LogP) is 4.03. The Labute approximate surface area is 178 Å². The Morgan fingerprint density at radius 3 is 2.77 bits per heavy atom. The summed E-state index contributed by atoms with van der Waals surface area (Å²) in [5.74, 6) is 1.70. The number of rotatable bonds is 6. The van der Waals surface area contributed by atoms with Crippen molar-refractivity contribution < 1.29 is 5.11 Å². The largest absolute Gasteiger partial charge is 0.393 e. The standard InChI is InChI=1S/C23H32N6O/c1-16-11-27-29-20(25-13-17-6-5-7-24-12-17)8-19(28-21(16)29)26-15-23(4)10-18(30)9-22(2,3)14-23/h5-8,11-12,18,25,30H,9-10,13-15H2,1-4H3,(H,26,28). The van der Waals surface area contributed by atoms with Gasteiger partial charge in [0.05, 0.1) is 12.3 Å². The summed E-state index contributed by atoms with van der Waals surface area (Å²) in [6, 6.07) is 5.98. The Morgan fingerprint density at radius 1 is 1.20 bits per heavy atom. The van der Waals surface area contributed by atoms with Crippen LogP contribution < -0.4 is 10.6 Å².